The molecular formula is C13H25NO. The van der Waals surface area contributed by atoms with Crippen molar-refractivity contribution in [3.05, 3.63) is 0 Å². The van der Waals surface area contributed by atoms with Crippen LogP contribution in [-0.4, -0.2) is 25.3 Å². The molecule has 2 rings (SSSR count). The van der Waals surface area contributed by atoms with Crippen LogP contribution in [0.2, 0.25) is 0 Å². The van der Waals surface area contributed by atoms with Crippen molar-refractivity contribution in [1.82, 2.24) is 5.32 Å². The highest BCUT2D eigenvalue weighted by Crippen LogP contribution is 2.41. The van der Waals surface area contributed by atoms with Gasteiger partial charge in [0.05, 0.1) is 5.60 Å². The zero-order valence-electron chi connectivity index (χ0n) is 10.2. The molecule has 2 nitrogen and oxygen atoms in total. The van der Waals surface area contributed by atoms with Gasteiger partial charge in [-0.15, -0.1) is 0 Å². The lowest BCUT2D eigenvalue weighted by atomic mass is 9.68. The Morgan fingerprint density at radius 3 is 2.53 bits per heavy atom. The zero-order chi connectivity index (χ0) is 10.7. The lowest BCUT2D eigenvalue weighted by Crippen LogP contribution is -2.66. The molecule has 1 aliphatic heterocycles. The van der Waals surface area contributed by atoms with Crippen molar-refractivity contribution < 1.29 is 4.74 Å². The fourth-order valence-corrected chi connectivity index (χ4v) is 3.25. The molecule has 0 radical (unpaired) electrons. The predicted octanol–water partition coefficient (Wildman–Crippen LogP) is 2.58. The zero-order valence-corrected chi connectivity index (χ0v) is 10.2. The third-order valence-electron chi connectivity index (χ3n) is 4.23. The third-order valence-corrected chi connectivity index (χ3v) is 4.23. The number of hydrogen-bond donors (Lipinski definition) is 1. The Morgan fingerprint density at radius 2 is 2.00 bits per heavy atom. The molecule has 0 aromatic heterocycles. The van der Waals surface area contributed by atoms with Gasteiger partial charge in [0.15, 0.2) is 0 Å². The molecule has 88 valence electrons. The van der Waals surface area contributed by atoms with Crippen LogP contribution in [0, 0.1) is 11.8 Å². The summed E-state index contributed by atoms with van der Waals surface area (Å²) in [6.07, 6.45) is 6.76. The van der Waals surface area contributed by atoms with Gasteiger partial charge in [-0.1, -0.05) is 33.1 Å². The van der Waals surface area contributed by atoms with Crippen molar-refractivity contribution in [1.29, 1.82) is 0 Å². The molecule has 1 heterocycles. The number of rotatable bonds is 4. The van der Waals surface area contributed by atoms with Gasteiger partial charge < -0.3 is 10.1 Å². The first kappa shape index (κ1) is 11.4. The van der Waals surface area contributed by atoms with E-state index in [0.717, 1.165) is 38.0 Å². The summed E-state index contributed by atoms with van der Waals surface area (Å²) in [4.78, 5) is 0. The molecular weight excluding hydrogens is 186 g/mol. The maximum atomic E-state index is 6.16. The van der Waals surface area contributed by atoms with Gasteiger partial charge in [-0.05, 0) is 24.7 Å². The number of ether oxygens (including phenoxy) is 1. The van der Waals surface area contributed by atoms with Crippen LogP contribution in [0.4, 0.5) is 0 Å². The summed E-state index contributed by atoms with van der Waals surface area (Å²) in [5, 5.41) is 3.40. The van der Waals surface area contributed by atoms with E-state index >= 15 is 0 Å². The molecule has 0 amide bonds. The fourth-order valence-electron chi connectivity index (χ4n) is 3.25. The van der Waals surface area contributed by atoms with E-state index in [1.165, 1.54) is 25.7 Å². The molecule has 0 aromatic carbocycles. The largest absolute Gasteiger partial charge is 0.372 e. The quantitative estimate of drug-likeness (QED) is 0.771. The monoisotopic (exact) mass is 211 g/mol. The van der Waals surface area contributed by atoms with Crippen LogP contribution < -0.4 is 5.32 Å². The van der Waals surface area contributed by atoms with Crippen LogP contribution in [0.1, 0.15) is 46.0 Å². The normalized spacial score (nSPS) is 34.8. The van der Waals surface area contributed by atoms with Crippen LogP contribution >= 0.6 is 0 Å². The van der Waals surface area contributed by atoms with E-state index in [1.807, 2.05) is 0 Å². The second kappa shape index (κ2) is 4.84. The number of hydrogen-bond acceptors (Lipinski definition) is 2. The Labute approximate surface area is 93.8 Å². The fraction of sp³-hybridized carbons (Fsp3) is 1.00. The van der Waals surface area contributed by atoms with Crippen LogP contribution in [0.3, 0.4) is 0 Å². The van der Waals surface area contributed by atoms with Gasteiger partial charge >= 0.3 is 0 Å². The average molecular weight is 211 g/mol. The van der Waals surface area contributed by atoms with E-state index in [0.29, 0.717) is 0 Å². The Kier molecular flexibility index (Phi) is 3.68. The van der Waals surface area contributed by atoms with Gasteiger partial charge in [0.25, 0.3) is 0 Å². The van der Waals surface area contributed by atoms with Crippen molar-refractivity contribution in [2.24, 2.45) is 11.8 Å². The molecule has 1 N–H and O–H groups in total. The summed E-state index contributed by atoms with van der Waals surface area (Å²) in [5.41, 5.74) is 0.204. The van der Waals surface area contributed by atoms with Gasteiger partial charge in [0.2, 0.25) is 0 Å². The lowest BCUT2D eigenvalue weighted by Gasteiger charge is -2.51. The average Bonchev–Trinajstić information content (AvgIpc) is 2.19. The summed E-state index contributed by atoms with van der Waals surface area (Å²) in [5.74, 6) is 1.66. The summed E-state index contributed by atoms with van der Waals surface area (Å²) in [6.45, 7) is 7.72. The predicted molar refractivity (Wildman–Crippen MR) is 63.0 cm³/mol. The van der Waals surface area contributed by atoms with E-state index in [1.54, 1.807) is 0 Å². The van der Waals surface area contributed by atoms with E-state index in [-0.39, 0.29) is 5.60 Å². The van der Waals surface area contributed by atoms with Crippen molar-refractivity contribution in [3.63, 3.8) is 0 Å². The molecule has 2 unspecified atom stereocenters. The van der Waals surface area contributed by atoms with Crippen molar-refractivity contribution in [2.75, 3.05) is 19.7 Å². The first-order chi connectivity index (χ1) is 7.28. The molecule has 15 heavy (non-hydrogen) atoms. The van der Waals surface area contributed by atoms with Crippen LogP contribution in [0.15, 0.2) is 0 Å². The summed E-state index contributed by atoms with van der Waals surface area (Å²) < 4.78 is 6.16. The van der Waals surface area contributed by atoms with Crippen molar-refractivity contribution in [2.45, 2.75) is 51.6 Å². The van der Waals surface area contributed by atoms with Gasteiger partial charge in [0, 0.05) is 19.7 Å². The maximum Gasteiger partial charge on any atom is 0.0960 e. The van der Waals surface area contributed by atoms with Gasteiger partial charge in [0.1, 0.15) is 0 Å². The highest BCUT2D eigenvalue weighted by molar-refractivity contribution is 5.02. The summed E-state index contributed by atoms with van der Waals surface area (Å²) in [6, 6.07) is 0. The molecule has 0 bridgehead atoms. The van der Waals surface area contributed by atoms with E-state index in [2.05, 4.69) is 19.2 Å². The van der Waals surface area contributed by atoms with E-state index < -0.39 is 0 Å². The Balaban J connectivity index is 1.97. The van der Waals surface area contributed by atoms with E-state index in [9.17, 15) is 0 Å². The standard InChI is InChI=1S/C13H25NO/c1-3-8-15-13(9-14-10-13)12-7-5-4-6-11(12)2/h11-12,14H,3-10H2,1-2H3. The smallest absolute Gasteiger partial charge is 0.0960 e. The number of nitrogens with one attached hydrogen (secondary N) is 1. The SMILES string of the molecule is CCCOC1(C2CCCCC2C)CNC1. The summed E-state index contributed by atoms with van der Waals surface area (Å²) in [7, 11) is 0. The van der Waals surface area contributed by atoms with Crippen LogP contribution in [-0.2, 0) is 4.74 Å². The summed E-state index contributed by atoms with van der Waals surface area (Å²) >= 11 is 0. The molecule has 2 atom stereocenters. The molecule has 1 saturated carbocycles. The minimum absolute atomic E-state index is 0.204. The van der Waals surface area contributed by atoms with Crippen molar-refractivity contribution >= 4 is 0 Å². The van der Waals surface area contributed by atoms with Crippen LogP contribution in [0.25, 0.3) is 0 Å². The Bertz CT molecular complexity index is 201. The Morgan fingerprint density at radius 1 is 1.27 bits per heavy atom. The molecule has 0 aromatic rings. The lowest BCUT2D eigenvalue weighted by molar-refractivity contribution is -0.140. The van der Waals surface area contributed by atoms with Crippen molar-refractivity contribution in [3.8, 4) is 0 Å². The van der Waals surface area contributed by atoms with E-state index in [4.69, 9.17) is 4.74 Å². The maximum absolute atomic E-state index is 6.16. The first-order valence-corrected chi connectivity index (χ1v) is 6.63. The van der Waals surface area contributed by atoms with Crippen LogP contribution in [0.5, 0.6) is 0 Å². The molecule has 2 fully saturated rings. The first-order valence-electron chi connectivity index (χ1n) is 6.63. The minimum Gasteiger partial charge on any atom is -0.372 e. The van der Waals surface area contributed by atoms with Gasteiger partial charge in [-0.2, -0.15) is 0 Å². The third kappa shape index (κ3) is 2.21. The highest BCUT2D eigenvalue weighted by Gasteiger charge is 2.47. The highest BCUT2D eigenvalue weighted by atomic mass is 16.5. The molecule has 1 saturated heterocycles. The van der Waals surface area contributed by atoms with Gasteiger partial charge in [-0.3, -0.25) is 0 Å². The Hall–Kier alpha value is -0.0800. The molecule has 0 spiro atoms. The molecule has 2 heteroatoms. The second-order valence-electron chi connectivity index (χ2n) is 5.39. The molecule has 1 aliphatic carbocycles. The minimum atomic E-state index is 0.204. The topological polar surface area (TPSA) is 21.3 Å². The van der Waals surface area contributed by atoms with Gasteiger partial charge in [-0.25, -0.2) is 0 Å². The molecule has 2 aliphatic rings. The second-order valence-corrected chi connectivity index (χ2v) is 5.39.